The second-order valence-electron chi connectivity index (χ2n) is 4.17. The van der Waals surface area contributed by atoms with E-state index in [4.69, 9.17) is 5.73 Å². The zero-order valence-corrected chi connectivity index (χ0v) is 11.5. The molecule has 1 aromatic rings. The van der Waals surface area contributed by atoms with Crippen molar-refractivity contribution in [2.24, 2.45) is 0 Å². The fourth-order valence-electron chi connectivity index (χ4n) is 1.72. The van der Waals surface area contributed by atoms with E-state index in [1.165, 1.54) is 18.2 Å². The third-order valence-corrected chi connectivity index (χ3v) is 2.82. The van der Waals surface area contributed by atoms with Crippen LogP contribution in [0.25, 0.3) is 0 Å². The first-order valence-corrected chi connectivity index (χ1v) is 6.14. The van der Waals surface area contributed by atoms with Gasteiger partial charge in [0, 0.05) is 26.6 Å². The maximum atomic E-state index is 12.2. The number of carbonyl (C=O) groups is 2. The molecule has 1 rings (SSSR count). The van der Waals surface area contributed by atoms with E-state index in [9.17, 15) is 9.59 Å². The first-order chi connectivity index (χ1) is 9.01. The van der Waals surface area contributed by atoms with Gasteiger partial charge in [0.15, 0.2) is 0 Å². The third-order valence-electron chi connectivity index (χ3n) is 2.82. The topological polar surface area (TPSA) is 90.5 Å². The molecular weight excluding hydrogens is 248 g/mol. The van der Waals surface area contributed by atoms with Crippen LogP contribution in [0.15, 0.2) is 6.20 Å². The number of amides is 1. The number of methoxy groups -OCH3 is 1. The molecule has 2 N–H and O–H groups in total. The van der Waals surface area contributed by atoms with E-state index < -0.39 is 0 Å². The number of esters is 1. The molecule has 7 nitrogen and oxygen atoms in total. The van der Waals surface area contributed by atoms with Crippen LogP contribution in [0.5, 0.6) is 0 Å². The zero-order chi connectivity index (χ0) is 14.4. The highest BCUT2D eigenvalue weighted by Gasteiger charge is 2.19. The summed E-state index contributed by atoms with van der Waals surface area (Å²) in [5, 5.41) is 4.03. The molecule has 0 atom stereocenters. The number of hydrogen-bond acceptors (Lipinski definition) is 5. The van der Waals surface area contributed by atoms with Crippen LogP contribution in [0.4, 0.5) is 5.69 Å². The van der Waals surface area contributed by atoms with Crippen molar-refractivity contribution in [3.8, 4) is 0 Å². The lowest BCUT2D eigenvalue weighted by molar-refractivity contribution is -0.140. The van der Waals surface area contributed by atoms with Crippen LogP contribution in [-0.4, -0.2) is 47.3 Å². The SMILES string of the molecule is CCn1ncc(N)c1C(=O)N(C)CCCC(=O)OC. The molecule has 0 saturated heterocycles. The minimum absolute atomic E-state index is 0.193. The Bertz CT molecular complexity index is 456. The van der Waals surface area contributed by atoms with E-state index in [1.54, 1.807) is 11.7 Å². The lowest BCUT2D eigenvalue weighted by Crippen LogP contribution is -2.30. The summed E-state index contributed by atoms with van der Waals surface area (Å²) in [6.07, 6.45) is 2.31. The predicted octanol–water partition coefficient (Wildman–Crippen LogP) is 0.510. The van der Waals surface area contributed by atoms with E-state index in [0.717, 1.165) is 0 Å². The Labute approximate surface area is 112 Å². The highest BCUT2D eigenvalue weighted by atomic mass is 16.5. The van der Waals surface area contributed by atoms with Gasteiger partial charge < -0.3 is 15.4 Å². The summed E-state index contributed by atoms with van der Waals surface area (Å²) in [6, 6.07) is 0. The second kappa shape index (κ2) is 6.77. The van der Waals surface area contributed by atoms with Gasteiger partial charge in [0.1, 0.15) is 5.69 Å². The number of nitrogens with zero attached hydrogens (tertiary/aromatic N) is 3. The molecule has 0 aromatic carbocycles. The van der Waals surface area contributed by atoms with E-state index in [1.807, 2.05) is 6.92 Å². The average molecular weight is 268 g/mol. The molecule has 1 aromatic heterocycles. The van der Waals surface area contributed by atoms with Crippen molar-refractivity contribution in [2.75, 3.05) is 26.4 Å². The summed E-state index contributed by atoms with van der Waals surface area (Å²) in [4.78, 5) is 24.7. The molecule has 1 heterocycles. The van der Waals surface area contributed by atoms with Gasteiger partial charge in [0.05, 0.1) is 19.0 Å². The highest BCUT2D eigenvalue weighted by molar-refractivity contribution is 5.97. The van der Waals surface area contributed by atoms with Gasteiger partial charge in [-0.2, -0.15) is 5.10 Å². The van der Waals surface area contributed by atoms with Crippen LogP contribution < -0.4 is 5.73 Å². The number of rotatable bonds is 6. The van der Waals surface area contributed by atoms with Crippen LogP contribution >= 0.6 is 0 Å². The molecule has 0 aliphatic rings. The van der Waals surface area contributed by atoms with Crippen LogP contribution in [0.2, 0.25) is 0 Å². The molecule has 19 heavy (non-hydrogen) atoms. The molecule has 0 fully saturated rings. The maximum absolute atomic E-state index is 12.2. The highest BCUT2D eigenvalue weighted by Crippen LogP contribution is 2.13. The fourth-order valence-corrected chi connectivity index (χ4v) is 1.72. The number of anilines is 1. The third kappa shape index (κ3) is 3.70. The Morgan fingerprint density at radius 2 is 2.21 bits per heavy atom. The standard InChI is InChI=1S/C12H20N4O3/c1-4-16-11(9(13)8-14-16)12(18)15(2)7-5-6-10(17)19-3/h8H,4-7,13H2,1-3H3. The summed E-state index contributed by atoms with van der Waals surface area (Å²) < 4.78 is 6.11. The molecule has 0 spiro atoms. The molecule has 0 aliphatic carbocycles. The molecule has 7 heteroatoms. The Morgan fingerprint density at radius 1 is 1.53 bits per heavy atom. The summed E-state index contributed by atoms with van der Waals surface area (Å²) in [6.45, 7) is 2.93. The zero-order valence-electron chi connectivity index (χ0n) is 11.5. The van der Waals surface area contributed by atoms with Gasteiger partial charge in [-0.05, 0) is 13.3 Å². The number of hydrogen-bond donors (Lipinski definition) is 1. The number of aryl methyl sites for hydroxylation is 1. The molecule has 0 radical (unpaired) electrons. The summed E-state index contributed by atoms with van der Waals surface area (Å²) in [5.74, 6) is -0.472. The summed E-state index contributed by atoms with van der Waals surface area (Å²) in [5.41, 5.74) is 6.51. The maximum Gasteiger partial charge on any atom is 0.305 e. The van der Waals surface area contributed by atoms with E-state index in [2.05, 4.69) is 9.84 Å². The van der Waals surface area contributed by atoms with Crippen LogP contribution in [0.3, 0.4) is 0 Å². The van der Waals surface area contributed by atoms with Crippen molar-refractivity contribution in [1.29, 1.82) is 0 Å². The van der Waals surface area contributed by atoms with Gasteiger partial charge in [0.2, 0.25) is 0 Å². The van der Waals surface area contributed by atoms with Gasteiger partial charge in [0.25, 0.3) is 5.91 Å². The van der Waals surface area contributed by atoms with Gasteiger partial charge in [-0.1, -0.05) is 0 Å². The largest absolute Gasteiger partial charge is 0.469 e. The van der Waals surface area contributed by atoms with Crippen molar-refractivity contribution in [2.45, 2.75) is 26.3 Å². The van der Waals surface area contributed by atoms with Crippen LogP contribution in [-0.2, 0) is 16.1 Å². The first-order valence-electron chi connectivity index (χ1n) is 6.14. The first kappa shape index (κ1) is 15.0. The van der Waals surface area contributed by atoms with Crippen LogP contribution in [0.1, 0.15) is 30.3 Å². The van der Waals surface area contributed by atoms with Crippen molar-refractivity contribution in [3.63, 3.8) is 0 Å². The van der Waals surface area contributed by atoms with E-state index in [0.29, 0.717) is 30.9 Å². The minimum Gasteiger partial charge on any atom is -0.469 e. The summed E-state index contributed by atoms with van der Waals surface area (Å²) in [7, 11) is 3.02. The van der Waals surface area contributed by atoms with E-state index in [-0.39, 0.29) is 18.3 Å². The number of nitrogens with two attached hydrogens (primary N) is 1. The minimum atomic E-state index is -0.279. The van der Waals surface area contributed by atoms with Crippen molar-refractivity contribution >= 4 is 17.6 Å². The lowest BCUT2D eigenvalue weighted by atomic mass is 10.2. The van der Waals surface area contributed by atoms with Gasteiger partial charge in [-0.3, -0.25) is 14.3 Å². The smallest absolute Gasteiger partial charge is 0.305 e. The lowest BCUT2D eigenvalue weighted by Gasteiger charge is -2.17. The Morgan fingerprint density at radius 3 is 2.79 bits per heavy atom. The Balaban J connectivity index is 2.61. The molecular formula is C12H20N4O3. The normalized spacial score (nSPS) is 10.3. The molecule has 0 unspecified atom stereocenters. The van der Waals surface area contributed by atoms with E-state index >= 15 is 0 Å². The Kier molecular flexibility index (Phi) is 5.35. The van der Waals surface area contributed by atoms with Gasteiger partial charge >= 0.3 is 5.97 Å². The van der Waals surface area contributed by atoms with Gasteiger partial charge in [-0.15, -0.1) is 0 Å². The van der Waals surface area contributed by atoms with Crippen molar-refractivity contribution in [1.82, 2.24) is 14.7 Å². The second-order valence-corrected chi connectivity index (χ2v) is 4.17. The fraction of sp³-hybridized carbons (Fsp3) is 0.583. The molecule has 0 aliphatic heterocycles. The molecule has 0 saturated carbocycles. The average Bonchev–Trinajstić information content (AvgIpc) is 2.78. The Hall–Kier alpha value is -2.05. The number of nitrogen functional groups attached to an aromatic ring is 1. The number of carbonyl (C=O) groups excluding carboxylic acids is 2. The summed E-state index contributed by atoms with van der Waals surface area (Å²) >= 11 is 0. The predicted molar refractivity (Wildman–Crippen MR) is 70.5 cm³/mol. The van der Waals surface area contributed by atoms with Crippen molar-refractivity contribution < 1.29 is 14.3 Å². The van der Waals surface area contributed by atoms with Crippen LogP contribution in [0, 0.1) is 0 Å². The number of ether oxygens (including phenoxy) is 1. The van der Waals surface area contributed by atoms with Crippen molar-refractivity contribution in [3.05, 3.63) is 11.9 Å². The molecule has 1 amide bonds. The number of aromatic nitrogens is 2. The molecule has 0 bridgehead atoms. The quantitative estimate of drug-likeness (QED) is 0.759. The molecule has 106 valence electrons. The monoisotopic (exact) mass is 268 g/mol. The van der Waals surface area contributed by atoms with Gasteiger partial charge in [-0.25, -0.2) is 0 Å².